The fraction of sp³-hybridized carbons (Fsp3) is 0.231. The number of nitrogens with zero attached hydrogens (tertiary/aromatic N) is 2. The summed E-state index contributed by atoms with van der Waals surface area (Å²) in [6, 6.07) is 6.69. The van der Waals surface area contributed by atoms with Crippen LogP contribution >= 0.6 is 0 Å². The van der Waals surface area contributed by atoms with Crippen molar-refractivity contribution in [3.63, 3.8) is 0 Å². The molecule has 0 unspecified atom stereocenters. The molecule has 18 heavy (non-hydrogen) atoms. The van der Waals surface area contributed by atoms with Crippen molar-refractivity contribution in [3.05, 3.63) is 36.2 Å². The van der Waals surface area contributed by atoms with E-state index in [4.69, 9.17) is 5.11 Å². The van der Waals surface area contributed by atoms with Gasteiger partial charge in [0.2, 0.25) is 0 Å². The molecule has 0 radical (unpaired) electrons. The van der Waals surface area contributed by atoms with Crippen LogP contribution in [0, 0.1) is 0 Å². The lowest BCUT2D eigenvalue weighted by Crippen LogP contribution is -2.08. The molecule has 2 rings (SSSR count). The number of carboxylic acids is 1. The van der Waals surface area contributed by atoms with Gasteiger partial charge in [0, 0.05) is 24.0 Å². The van der Waals surface area contributed by atoms with Crippen LogP contribution in [0.4, 0.5) is 0 Å². The summed E-state index contributed by atoms with van der Waals surface area (Å²) in [4.78, 5) is 15.0. The molecular weight excluding hydrogens is 232 g/mol. The number of imidazole rings is 1. The summed E-state index contributed by atoms with van der Waals surface area (Å²) < 4.78 is 1.86. The number of rotatable bonds is 4. The van der Waals surface area contributed by atoms with E-state index in [0.29, 0.717) is 18.1 Å². The molecule has 94 valence electrons. The van der Waals surface area contributed by atoms with Gasteiger partial charge in [-0.05, 0) is 31.2 Å². The lowest BCUT2D eigenvalue weighted by atomic mass is 10.2. The van der Waals surface area contributed by atoms with E-state index in [1.807, 2.05) is 11.5 Å². The van der Waals surface area contributed by atoms with Crippen molar-refractivity contribution in [2.45, 2.75) is 19.9 Å². The number of hydrogen-bond acceptors (Lipinski definition) is 3. The van der Waals surface area contributed by atoms with Crippen molar-refractivity contribution < 1.29 is 15.0 Å². The fourth-order valence-electron chi connectivity index (χ4n) is 1.90. The van der Waals surface area contributed by atoms with Crippen LogP contribution in [0.1, 0.15) is 12.6 Å². The third kappa shape index (κ3) is 2.34. The van der Waals surface area contributed by atoms with Gasteiger partial charge in [0.1, 0.15) is 11.6 Å². The zero-order valence-corrected chi connectivity index (χ0v) is 10.00. The molecule has 0 bridgehead atoms. The second kappa shape index (κ2) is 4.91. The lowest BCUT2D eigenvalue weighted by molar-refractivity contribution is -0.136. The molecule has 2 aromatic rings. The molecule has 0 aliphatic rings. The Morgan fingerprint density at radius 2 is 2.00 bits per heavy atom. The summed E-state index contributed by atoms with van der Waals surface area (Å²) in [7, 11) is 0. The first-order chi connectivity index (χ1) is 8.61. The molecule has 0 aliphatic carbocycles. The van der Waals surface area contributed by atoms with E-state index >= 15 is 0 Å². The van der Waals surface area contributed by atoms with Gasteiger partial charge < -0.3 is 14.8 Å². The zero-order valence-electron chi connectivity index (χ0n) is 10.00. The maximum Gasteiger partial charge on any atom is 0.309 e. The summed E-state index contributed by atoms with van der Waals surface area (Å²) in [5.74, 6) is 0.0368. The van der Waals surface area contributed by atoms with Gasteiger partial charge in [0.05, 0.1) is 6.42 Å². The first kappa shape index (κ1) is 12.2. The number of carboxylic acid groups (broad SMARTS) is 1. The molecule has 1 heterocycles. The molecule has 5 nitrogen and oxygen atoms in total. The lowest BCUT2D eigenvalue weighted by Gasteiger charge is -2.08. The minimum atomic E-state index is -0.873. The number of aromatic nitrogens is 2. The average Bonchev–Trinajstić information content (AvgIpc) is 2.72. The summed E-state index contributed by atoms with van der Waals surface area (Å²) in [5, 5.41) is 18.1. The van der Waals surface area contributed by atoms with Crippen LogP contribution in [-0.2, 0) is 17.8 Å². The first-order valence-electron chi connectivity index (χ1n) is 5.67. The second-order valence-corrected chi connectivity index (χ2v) is 3.93. The molecule has 0 aliphatic heterocycles. The minimum Gasteiger partial charge on any atom is -0.508 e. The quantitative estimate of drug-likeness (QED) is 0.864. The number of aromatic hydroxyl groups is 1. The van der Waals surface area contributed by atoms with E-state index in [1.165, 1.54) is 0 Å². The van der Waals surface area contributed by atoms with Crippen LogP contribution in [0.2, 0.25) is 0 Å². The smallest absolute Gasteiger partial charge is 0.309 e. The molecule has 0 saturated heterocycles. The molecule has 2 N–H and O–H groups in total. The van der Waals surface area contributed by atoms with Gasteiger partial charge in [-0.1, -0.05) is 0 Å². The van der Waals surface area contributed by atoms with Crippen molar-refractivity contribution >= 4 is 5.97 Å². The highest BCUT2D eigenvalue weighted by Gasteiger charge is 2.12. The summed E-state index contributed by atoms with van der Waals surface area (Å²) in [6.07, 6.45) is 1.54. The van der Waals surface area contributed by atoms with Crippen LogP contribution in [0.25, 0.3) is 11.4 Å². The van der Waals surface area contributed by atoms with Gasteiger partial charge in [-0.25, -0.2) is 4.98 Å². The predicted molar refractivity (Wildman–Crippen MR) is 66.3 cm³/mol. The van der Waals surface area contributed by atoms with Crippen LogP contribution in [-0.4, -0.2) is 25.7 Å². The third-order valence-electron chi connectivity index (χ3n) is 2.71. The Labute approximate surface area is 104 Å². The molecule has 1 aromatic heterocycles. The Morgan fingerprint density at radius 3 is 2.56 bits per heavy atom. The van der Waals surface area contributed by atoms with Gasteiger partial charge in [0.15, 0.2) is 0 Å². The Morgan fingerprint density at radius 1 is 1.33 bits per heavy atom. The SMILES string of the molecule is CCn1c(CC(=O)O)cnc1-c1ccc(O)cc1. The van der Waals surface area contributed by atoms with Crippen LogP contribution in [0.5, 0.6) is 5.75 Å². The number of aliphatic carboxylic acids is 1. The highest BCUT2D eigenvalue weighted by atomic mass is 16.4. The highest BCUT2D eigenvalue weighted by Crippen LogP contribution is 2.22. The molecule has 0 atom stereocenters. The minimum absolute atomic E-state index is 0.0427. The van der Waals surface area contributed by atoms with E-state index < -0.39 is 5.97 Å². The monoisotopic (exact) mass is 246 g/mol. The van der Waals surface area contributed by atoms with Gasteiger partial charge in [-0.2, -0.15) is 0 Å². The van der Waals surface area contributed by atoms with Crippen molar-refractivity contribution in [2.24, 2.45) is 0 Å². The molecule has 0 amide bonds. The number of benzene rings is 1. The van der Waals surface area contributed by atoms with E-state index in [-0.39, 0.29) is 12.2 Å². The van der Waals surface area contributed by atoms with Crippen LogP contribution in [0.15, 0.2) is 30.5 Å². The molecule has 0 saturated carbocycles. The highest BCUT2D eigenvalue weighted by molar-refractivity contribution is 5.70. The number of carbonyl (C=O) groups is 1. The van der Waals surface area contributed by atoms with Crippen LogP contribution < -0.4 is 0 Å². The van der Waals surface area contributed by atoms with E-state index in [9.17, 15) is 9.90 Å². The van der Waals surface area contributed by atoms with Crippen molar-refractivity contribution in [3.8, 4) is 17.1 Å². The van der Waals surface area contributed by atoms with E-state index in [2.05, 4.69) is 4.98 Å². The van der Waals surface area contributed by atoms with Crippen LogP contribution in [0.3, 0.4) is 0 Å². The Bertz CT molecular complexity index is 558. The maximum atomic E-state index is 10.8. The maximum absolute atomic E-state index is 10.8. The Hall–Kier alpha value is -2.30. The number of phenols is 1. The first-order valence-corrected chi connectivity index (χ1v) is 5.67. The molecule has 0 spiro atoms. The summed E-state index contributed by atoms with van der Waals surface area (Å²) in [5.41, 5.74) is 1.53. The normalized spacial score (nSPS) is 10.5. The predicted octanol–water partition coefficient (Wildman–Crippen LogP) is 1.90. The average molecular weight is 246 g/mol. The number of phenolic OH excluding ortho intramolecular Hbond substituents is 1. The standard InChI is InChI=1S/C13H14N2O3/c1-2-15-10(7-12(17)18)8-14-13(15)9-3-5-11(16)6-4-9/h3-6,8,16H,2,7H2,1H3,(H,17,18). The van der Waals surface area contributed by atoms with E-state index in [1.54, 1.807) is 30.5 Å². The molecule has 5 heteroatoms. The van der Waals surface area contributed by atoms with E-state index in [0.717, 1.165) is 5.56 Å². The molecular formula is C13H14N2O3. The number of hydrogen-bond donors (Lipinski definition) is 2. The third-order valence-corrected chi connectivity index (χ3v) is 2.71. The molecule has 1 aromatic carbocycles. The fourth-order valence-corrected chi connectivity index (χ4v) is 1.90. The Kier molecular flexibility index (Phi) is 3.32. The second-order valence-electron chi connectivity index (χ2n) is 3.93. The van der Waals surface area contributed by atoms with Crippen molar-refractivity contribution in [1.82, 2.24) is 9.55 Å². The Balaban J connectivity index is 2.42. The summed E-state index contributed by atoms with van der Waals surface area (Å²) in [6.45, 7) is 2.59. The van der Waals surface area contributed by atoms with Crippen molar-refractivity contribution in [2.75, 3.05) is 0 Å². The largest absolute Gasteiger partial charge is 0.508 e. The molecule has 0 fully saturated rings. The summed E-state index contributed by atoms with van der Waals surface area (Å²) >= 11 is 0. The van der Waals surface area contributed by atoms with Gasteiger partial charge in [-0.15, -0.1) is 0 Å². The topological polar surface area (TPSA) is 75.4 Å². The van der Waals surface area contributed by atoms with Crippen molar-refractivity contribution in [1.29, 1.82) is 0 Å². The van der Waals surface area contributed by atoms with Gasteiger partial charge in [-0.3, -0.25) is 4.79 Å². The zero-order chi connectivity index (χ0) is 13.1. The van der Waals surface area contributed by atoms with Gasteiger partial charge >= 0.3 is 5.97 Å². The van der Waals surface area contributed by atoms with Gasteiger partial charge in [0.25, 0.3) is 0 Å².